The summed E-state index contributed by atoms with van der Waals surface area (Å²) < 4.78 is 7.35. The minimum Gasteiger partial charge on any atom is -0.356 e. The van der Waals surface area contributed by atoms with Crippen LogP contribution in [0.4, 0.5) is 0 Å². The molecule has 0 aliphatic carbocycles. The standard InChI is InChI=1S/C17H27N7O/c1-4-16-21-15(22-25-16)5-7-20-17(18-3)23-9-6-13(2)14(11-23)24-10-8-19-12-24/h8,10,12-14H,4-7,9,11H2,1-3H3,(H,18,20). The van der Waals surface area contributed by atoms with Gasteiger partial charge in [0.25, 0.3) is 0 Å². The highest BCUT2D eigenvalue weighted by Crippen LogP contribution is 2.27. The maximum atomic E-state index is 5.14. The average molecular weight is 345 g/mol. The van der Waals surface area contributed by atoms with Crippen LogP contribution >= 0.6 is 0 Å². The molecule has 1 fully saturated rings. The van der Waals surface area contributed by atoms with E-state index in [1.165, 1.54) is 0 Å². The van der Waals surface area contributed by atoms with Gasteiger partial charge in [-0.25, -0.2) is 4.98 Å². The number of imidazole rings is 1. The third-order valence-corrected chi connectivity index (χ3v) is 4.78. The molecule has 3 heterocycles. The number of hydrogen-bond donors (Lipinski definition) is 1. The molecule has 8 heteroatoms. The maximum Gasteiger partial charge on any atom is 0.226 e. The molecule has 2 unspecified atom stereocenters. The van der Waals surface area contributed by atoms with Gasteiger partial charge in [-0.1, -0.05) is 19.0 Å². The molecule has 3 rings (SSSR count). The van der Waals surface area contributed by atoms with Gasteiger partial charge in [-0.3, -0.25) is 4.99 Å². The monoisotopic (exact) mass is 345 g/mol. The van der Waals surface area contributed by atoms with Gasteiger partial charge >= 0.3 is 0 Å². The van der Waals surface area contributed by atoms with Crippen LogP contribution in [0.2, 0.25) is 0 Å². The van der Waals surface area contributed by atoms with E-state index in [4.69, 9.17) is 4.52 Å². The highest BCUT2D eigenvalue weighted by molar-refractivity contribution is 5.80. The minimum absolute atomic E-state index is 0.416. The molecular weight excluding hydrogens is 318 g/mol. The summed E-state index contributed by atoms with van der Waals surface area (Å²) in [5.41, 5.74) is 0. The third-order valence-electron chi connectivity index (χ3n) is 4.78. The smallest absolute Gasteiger partial charge is 0.226 e. The fourth-order valence-electron chi connectivity index (χ4n) is 3.25. The van der Waals surface area contributed by atoms with E-state index in [9.17, 15) is 0 Å². The number of hydrogen-bond acceptors (Lipinski definition) is 5. The van der Waals surface area contributed by atoms with E-state index in [0.29, 0.717) is 17.9 Å². The number of guanidine groups is 1. The van der Waals surface area contributed by atoms with Gasteiger partial charge in [0.2, 0.25) is 5.89 Å². The summed E-state index contributed by atoms with van der Waals surface area (Å²) in [5, 5.41) is 7.41. The molecular formula is C17H27N7O. The van der Waals surface area contributed by atoms with E-state index in [1.54, 1.807) is 0 Å². The molecule has 1 saturated heterocycles. The molecule has 2 atom stereocenters. The van der Waals surface area contributed by atoms with Crippen LogP contribution in [0.3, 0.4) is 0 Å². The SMILES string of the molecule is CCc1nc(CCNC(=NC)N2CCC(C)C(n3ccnc3)C2)no1. The fraction of sp³-hybridized carbons (Fsp3) is 0.647. The Bertz CT molecular complexity index is 679. The van der Waals surface area contributed by atoms with Gasteiger partial charge in [0.15, 0.2) is 11.8 Å². The predicted octanol–water partition coefficient (Wildman–Crippen LogP) is 1.53. The molecule has 0 radical (unpaired) electrons. The second-order valence-corrected chi connectivity index (χ2v) is 6.47. The molecule has 0 bridgehead atoms. The van der Waals surface area contributed by atoms with E-state index in [1.807, 2.05) is 32.7 Å². The lowest BCUT2D eigenvalue weighted by Gasteiger charge is -2.39. The van der Waals surface area contributed by atoms with E-state index >= 15 is 0 Å². The van der Waals surface area contributed by atoms with Gasteiger partial charge in [0, 0.05) is 51.9 Å². The van der Waals surface area contributed by atoms with E-state index < -0.39 is 0 Å². The Balaban J connectivity index is 1.55. The Labute approximate surface area is 148 Å². The van der Waals surface area contributed by atoms with Crippen molar-refractivity contribution < 1.29 is 4.52 Å². The second-order valence-electron chi connectivity index (χ2n) is 6.47. The number of nitrogens with one attached hydrogen (secondary N) is 1. The van der Waals surface area contributed by atoms with E-state index in [2.05, 4.69) is 41.8 Å². The van der Waals surface area contributed by atoms with Crippen molar-refractivity contribution in [3.8, 4) is 0 Å². The zero-order valence-corrected chi connectivity index (χ0v) is 15.2. The minimum atomic E-state index is 0.416. The highest BCUT2D eigenvalue weighted by Gasteiger charge is 2.28. The lowest BCUT2D eigenvalue weighted by molar-refractivity contribution is 0.189. The van der Waals surface area contributed by atoms with Crippen LogP contribution in [0.25, 0.3) is 0 Å². The number of aromatic nitrogens is 4. The van der Waals surface area contributed by atoms with Crippen molar-refractivity contribution in [3.05, 3.63) is 30.4 Å². The Morgan fingerprint density at radius 1 is 1.48 bits per heavy atom. The molecule has 1 aliphatic heterocycles. The zero-order chi connectivity index (χ0) is 17.6. The largest absolute Gasteiger partial charge is 0.356 e. The molecule has 1 aliphatic rings. The summed E-state index contributed by atoms with van der Waals surface area (Å²) in [4.78, 5) is 15.3. The van der Waals surface area contributed by atoms with Gasteiger partial charge in [-0.15, -0.1) is 0 Å². The molecule has 1 N–H and O–H groups in total. The summed E-state index contributed by atoms with van der Waals surface area (Å²) in [5.74, 6) is 2.97. The molecule has 25 heavy (non-hydrogen) atoms. The van der Waals surface area contributed by atoms with Crippen molar-refractivity contribution in [1.82, 2.24) is 29.9 Å². The Morgan fingerprint density at radius 2 is 2.36 bits per heavy atom. The van der Waals surface area contributed by atoms with Crippen LogP contribution in [-0.4, -0.2) is 57.2 Å². The van der Waals surface area contributed by atoms with Gasteiger partial charge < -0.3 is 19.3 Å². The predicted molar refractivity (Wildman–Crippen MR) is 95.4 cm³/mol. The van der Waals surface area contributed by atoms with E-state index in [-0.39, 0.29) is 0 Å². The topological polar surface area (TPSA) is 84.4 Å². The van der Waals surface area contributed by atoms with Crippen molar-refractivity contribution in [3.63, 3.8) is 0 Å². The van der Waals surface area contributed by atoms with Crippen LogP contribution in [0.5, 0.6) is 0 Å². The third kappa shape index (κ3) is 4.18. The Morgan fingerprint density at radius 3 is 3.04 bits per heavy atom. The van der Waals surface area contributed by atoms with E-state index in [0.717, 1.165) is 50.7 Å². The van der Waals surface area contributed by atoms with Crippen LogP contribution < -0.4 is 5.32 Å². The lowest BCUT2D eigenvalue weighted by atomic mass is 9.93. The van der Waals surface area contributed by atoms with Crippen molar-refractivity contribution in [1.29, 1.82) is 0 Å². The summed E-state index contributed by atoms with van der Waals surface area (Å²) in [6.07, 6.45) is 8.41. The summed E-state index contributed by atoms with van der Waals surface area (Å²) in [6, 6.07) is 0.416. The summed E-state index contributed by atoms with van der Waals surface area (Å²) in [7, 11) is 1.83. The summed E-state index contributed by atoms with van der Waals surface area (Å²) >= 11 is 0. The Hall–Kier alpha value is -2.38. The molecule has 8 nitrogen and oxygen atoms in total. The lowest BCUT2D eigenvalue weighted by Crippen LogP contribution is -2.49. The first kappa shape index (κ1) is 17.4. The highest BCUT2D eigenvalue weighted by atomic mass is 16.5. The first-order valence-electron chi connectivity index (χ1n) is 8.95. The number of nitrogens with zero attached hydrogens (tertiary/aromatic N) is 6. The van der Waals surface area contributed by atoms with Crippen LogP contribution in [-0.2, 0) is 12.8 Å². The first-order chi connectivity index (χ1) is 12.2. The first-order valence-corrected chi connectivity index (χ1v) is 8.95. The Kier molecular flexibility index (Phi) is 5.67. The molecule has 136 valence electrons. The molecule has 2 aromatic rings. The normalized spacial score (nSPS) is 21.6. The molecule has 2 aromatic heterocycles. The van der Waals surface area contributed by atoms with Crippen molar-refractivity contribution >= 4 is 5.96 Å². The van der Waals surface area contributed by atoms with Gasteiger partial charge in [-0.05, 0) is 12.3 Å². The van der Waals surface area contributed by atoms with Crippen LogP contribution in [0, 0.1) is 5.92 Å². The zero-order valence-electron chi connectivity index (χ0n) is 15.2. The number of rotatable bonds is 5. The molecule has 0 amide bonds. The number of piperidine rings is 1. The average Bonchev–Trinajstić information content (AvgIpc) is 3.31. The van der Waals surface area contributed by atoms with Crippen molar-refractivity contribution in [2.24, 2.45) is 10.9 Å². The van der Waals surface area contributed by atoms with Gasteiger partial charge in [0.1, 0.15) is 0 Å². The number of aryl methyl sites for hydroxylation is 1. The van der Waals surface area contributed by atoms with Crippen LogP contribution in [0.1, 0.15) is 38.0 Å². The van der Waals surface area contributed by atoms with Crippen molar-refractivity contribution in [2.45, 2.75) is 39.2 Å². The van der Waals surface area contributed by atoms with Gasteiger partial charge in [-0.2, -0.15) is 4.98 Å². The second kappa shape index (κ2) is 8.13. The quantitative estimate of drug-likeness (QED) is 0.653. The number of likely N-dealkylation sites (tertiary alicyclic amines) is 1. The molecule has 0 spiro atoms. The summed E-state index contributed by atoms with van der Waals surface area (Å²) in [6.45, 7) is 6.98. The fourth-order valence-corrected chi connectivity index (χ4v) is 3.25. The number of aliphatic imine (C=N–C) groups is 1. The molecule has 0 saturated carbocycles. The maximum absolute atomic E-state index is 5.14. The van der Waals surface area contributed by atoms with Gasteiger partial charge in [0.05, 0.1) is 12.4 Å². The van der Waals surface area contributed by atoms with Crippen LogP contribution in [0.15, 0.2) is 28.2 Å². The van der Waals surface area contributed by atoms with Crippen molar-refractivity contribution in [2.75, 3.05) is 26.7 Å². The molecule has 0 aromatic carbocycles.